The quantitative estimate of drug-likeness (QED) is 0.757. The Kier molecular flexibility index (Phi) is 4.99. The third-order valence-corrected chi connectivity index (χ3v) is 3.47. The van der Waals surface area contributed by atoms with E-state index in [1.165, 1.54) is 5.56 Å². The van der Waals surface area contributed by atoms with Gasteiger partial charge in [0.15, 0.2) is 5.78 Å². The van der Waals surface area contributed by atoms with E-state index in [0.717, 1.165) is 12.2 Å². The number of carbonyl (C=O) groups is 1. The molecule has 0 atom stereocenters. The van der Waals surface area contributed by atoms with Gasteiger partial charge in [0.25, 0.3) is 0 Å². The summed E-state index contributed by atoms with van der Waals surface area (Å²) in [6.45, 7) is 5.27. The largest absolute Gasteiger partial charge is 0.497 e. The fraction of sp³-hybridized carbons (Fsp3) is 0.278. The van der Waals surface area contributed by atoms with E-state index in [1.54, 1.807) is 13.2 Å². The minimum absolute atomic E-state index is 0.0947. The zero-order chi connectivity index (χ0) is 15.2. The summed E-state index contributed by atoms with van der Waals surface area (Å²) in [7, 11) is 1.61. The van der Waals surface area contributed by atoms with Crippen LogP contribution in [0.1, 0.15) is 22.8 Å². The van der Waals surface area contributed by atoms with Crippen molar-refractivity contribution in [2.45, 2.75) is 13.8 Å². The maximum Gasteiger partial charge on any atom is 0.182 e. The molecule has 3 heteroatoms. The molecule has 0 saturated heterocycles. The first-order valence-corrected chi connectivity index (χ1v) is 7.13. The summed E-state index contributed by atoms with van der Waals surface area (Å²) < 4.78 is 5.17. The molecule has 0 heterocycles. The summed E-state index contributed by atoms with van der Waals surface area (Å²) >= 11 is 0. The van der Waals surface area contributed by atoms with Gasteiger partial charge in [-0.2, -0.15) is 0 Å². The molecular formula is C18H21NO2. The van der Waals surface area contributed by atoms with Crippen LogP contribution in [0.15, 0.2) is 48.5 Å². The van der Waals surface area contributed by atoms with Crippen LogP contribution in [0.4, 0.5) is 5.69 Å². The van der Waals surface area contributed by atoms with E-state index in [2.05, 4.69) is 30.9 Å². The second-order valence-corrected chi connectivity index (χ2v) is 5.01. The normalized spacial score (nSPS) is 10.2. The Bertz CT molecular complexity index is 622. The predicted molar refractivity (Wildman–Crippen MR) is 86.4 cm³/mol. The fourth-order valence-electron chi connectivity index (χ4n) is 2.27. The van der Waals surface area contributed by atoms with Gasteiger partial charge in [-0.15, -0.1) is 0 Å². The topological polar surface area (TPSA) is 29.5 Å². The lowest BCUT2D eigenvalue weighted by atomic mass is 10.1. The molecule has 0 fully saturated rings. The van der Waals surface area contributed by atoms with E-state index in [1.807, 2.05) is 30.3 Å². The number of likely N-dealkylation sites (N-methyl/N-ethyl adjacent to an activating group) is 1. The fourth-order valence-corrected chi connectivity index (χ4v) is 2.27. The molecule has 2 aromatic rings. The van der Waals surface area contributed by atoms with Crippen molar-refractivity contribution in [2.75, 3.05) is 25.1 Å². The summed E-state index contributed by atoms with van der Waals surface area (Å²) in [5, 5.41) is 0. The minimum atomic E-state index is 0.0947. The standard InChI is InChI=1S/C18H21NO2/c1-4-19(16-9-5-7-14(2)11-16)13-18(20)15-8-6-10-17(12-15)21-3/h5-12H,4,13H2,1-3H3. The van der Waals surface area contributed by atoms with Crippen LogP contribution in [0.25, 0.3) is 0 Å². The molecule has 0 bridgehead atoms. The number of methoxy groups -OCH3 is 1. The number of rotatable bonds is 6. The van der Waals surface area contributed by atoms with E-state index in [4.69, 9.17) is 4.74 Å². The van der Waals surface area contributed by atoms with Gasteiger partial charge >= 0.3 is 0 Å². The number of aryl methyl sites for hydroxylation is 1. The first-order chi connectivity index (χ1) is 10.1. The second-order valence-electron chi connectivity index (χ2n) is 5.01. The van der Waals surface area contributed by atoms with Gasteiger partial charge in [0.2, 0.25) is 0 Å². The molecule has 0 N–H and O–H groups in total. The summed E-state index contributed by atoms with van der Waals surface area (Å²) in [4.78, 5) is 14.5. The minimum Gasteiger partial charge on any atom is -0.497 e. The third-order valence-electron chi connectivity index (χ3n) is 3.47. The van der Waals surface area contributed by atoms with Gasteiger partial charge in [-0.25, -0.2) is 0 Å². The Morgan fingerprint density at radius 2 is 1.90 bits per heavy atom. The smallest absolute Gasteiger partial charge is 0.182 e. The van der Waals surface area contributed by atoms with E-state index in [-0.39, 0.29) is 5.78 Å². The highest BCUT2D eigenvalue weighted by molar-refractivity contribution is 5.99. The lowest BCUT2D eigenvalue weighted by molar-refractivity contribution is 0.0999. The molecular weight excluding hydrogens is 262 g/mol. The highest BCUT2D eigenvalue weighted by atomic mass is 16.5. The summed E-state index contributed by atoms with van der Waals surface area (Å²) in [6.07, 6.45) is 0. The van der Waals surface area contributed by atoms with Crippen LogP contribution in [0.3, 0.4) is 0 Å². The molecule has 2 aromatic carbocycles. The first-order valence-electron chi connectivity index (χ1n) is 7.13. The van der Waals surface area contributed by atoms with Crippen molar-refractivity contribution in [1.82, 2.24) is 0 Å². The van der Waals surface area contributed by atoms with Crippen LogP contribution in [0.2, 0.25) is 0 Å². The molecule has 0 saturated carbocycles. The number of carbonyl (C=O) groups excluding carboxylic acids is 1. The molecule has 0 unspecified atom stereocenters. The third kappa shape index (κ3) is 3.85. The highest BCUT2D eigenvalue weighted by Gasteiger charge is 2.12. The van der Waals surface area contributed by atoms with Crippen molar-refractivity contribution >= 4 is 11.5 Å². The van der Waals surface area contributed by atoms with Crippen LogP contribution in [0, 0.1) is 6.92 Å². The first kappa shape index (κ1) is 15.1. The molecule has 0 aliphatic rings. The van der Waals surface area contributed by atoms with Gasteiger partial charge in [-0.3, -0.25) is 4.79 Å². The Hall–Kier alpha value is -2.29. The van der Waals surface area contributed by atoms with E-state index in [0.29, 0.717) is 17.9 Å². The van der Waals surface area contributed by atoms with Gasteiger partial charge in [-0.1, -0.05) is 24.3 Å². The number of hydrogen-bond acceptors (Lipinski definition) is 3. The average Bonchev–Trinajstić information content (AvgIpc) is 2.52. The van der Waals surface area contributed by atoms with Gasteiger partial charge in [0, 0.05) is 17.8 Å². The van der Waals surface area contributed by atoms with Crippen molar-refractivity contribution in [3.63, 3.8) is 0 Å². The molecule has 2 rings (SSSR count). The number of Topliss-reactive ketones (excluding diaryl/α,β-unsaturated/α-hetero) is 1. The summed E-state index contributed by atoms with van der Waals surface area (Å²) in [5.74, 6) is 0.803. The zero-order valence-electron chi connectivity index (χ0n) is 12.8. The Morgan fingerprint density at radius 1 is 1.14 bits per heavy atom. The molecule has 110 valence electrons. The lowest BCUT2D eigenvalue weighted by Gasteiger charge is -2.22. The van der Waals surface area contributed by atoms with Crippen molar-refractivity contribution in [2.24, 2.45) is 0 Å². The molecule has 0 spiro atoms. The Labute approximate surface area is 126 Å². The van der Waals surface area contributed by atoms with Crippen LogP contribution in [0.5, 0.6) is 5.75 Å². The van der Waals surface area contributed by atoms with Crippen molar-refractivity contribution in [1.29, 1.82) is 0 Å². The molecule has 0 radical (unpaired) electrons. The van der Waals surface area contributed by atoms with Crippen LogP contribution >= 0.6 is 0 Å². The molecule has 21 heavy (non-hydrogen) atoms. The van der Waals surface area contributed by atoms with Gasteiger partial charge in [-0.05, 0) is 43.7 Å². The average molecular weight is 283 g/mol. The van der Waals surface area contributed by atoms with Gasteiger partial charge in [0.1, 0.15) is 5.75 Å². The molecule has 3 nitrogen and oxygen atoms in total. The van der Waals surface area contributed by atoms with E-state index >= 15 is 0 Å². The second kappa shape index (κ2) is 6.93. The van der Waals surface area contributed by atoms with E-state index < -0.39 is 0 Å². The molecule has 0 aromatic heterocycles. The summed E-state index contributed by atoms with van der Waals surface area (Å²) in [6, 6.07) is 15.5. The summed E-state index contributed by atoms with van der Waals surface area (Å²) in [5.41, 5.74) is 2.95. The molecule has 0 amide bonds. The maximum atomic E-state index is 12.4. The predicted octanol–water partition coefficient (Wildman–Crippen LogP) is 3.71. The number of anilines is 1. The molecule has 0 aliphatic carbocycles. The Morgan fingerprint density at radius 3 is 2.57 bits per heavy atom. The van der Waals surface area contributed by atoms with E-state index in [9.17, 15) is 4.79 Å². The van der Waals surface area contributed by atoms with Gasteiger partial charge in [0.05, 0.1) is 13.7 Å². The number of benzene rings is 2. The van der Waals surface area contributed by atoms with Crippen molar-refractivity contribution in [3.05, 3.63) is 59.7 Å². The lowest BCUT2D eigenvalue weighted by Crippen LogP contribution is -2.29. The van der Waals surface area contributed by atoms with Crippen LogP contribution < -0.4 is 9.64 Å². The monoisotopic (exact) mass is 283 g/mol. The van der Waals surface area contributed by atoms with Gasteiger partial charge < -0.3 is 9.64 Å². The van der Waals surface area contributed by atoms with Crippen molar-refractivity contribution < 1.29 is 9.53 Å². The number of ether oxygens (including phenoxy) is 1. The van der Waals surface area contributed by atoms with Crippen LogP contribution in [-0.2, 0) is 0 Å². The highest BCUT2D eigenvalue weighted by Crippen LogP contribution is 2.18. The molecule has 0 aliphatic heterocycles. The van der Waals surface area contributed by atoms with Crippen molar-refractivity contribution in [3.8, 4) is 5.75 Å². The SMILES string of the molecule is CCN(CC(=O)c1cccc(OC)c1)c1cccc(C)c1. The number of hydrogen-bond donors (Lipinski definition) is 0. The zero-order valence-corrected chi connectivity index (χ0v) is 12.8. The number of ketones is 1. The number of nitrogens with zero attached hydrogens (tertiary/aromatic N) is 1. The van der Waals surface area contributed by atoms with Crippen LogP contribution in [-0.4, -0.2) is 26.0 Å². The Balaban J connectivity index is 2.16. The maximum absolute atomic E-state index is 12.4.